The van der Waals surface area contributed by atoms with Gasteiger partial charge in [-0.1, -0.05) is 68.3 Å². The molecular formula is C16H25ClO2Si. The number of hydrogen-bond acceptors (Lipinski definition) is 2. The van der Waals surface area contributed by atoms with E-state index >= 15 is 0 Å². The van der Waals surface area contributed by atoms with Crippen LogP contribution in [0.15, 0.2) is 36.0 Å². The molecule has 0 aliphatic carbocycles. The Bertz CT molecular complexity index is 422. The van der Waals surface area contributed by atoms with Crippen molar-refractivity contribution in [2.24, 2.45) is 0 Å². The van der Waals surface area contributed by atoms with Gasteiger partial charge in [-0.05, 0) is 18.2 Å². The maximum absolute atomic E-state index is 10.0. The molecule has 0 aromatic heterocycles. The predicted molar refractivity (Wildman–Crippen MR) is 89.3 cm³/mol. The fourth-order valence-electron chi connectivity index (χ4n) is 2.21. The van der Waals surface area contributed by atoms with Crippen LogP contribution in [-0.4, -0.2) is 25.9 Å². The lowest BCUT2D eigenvalue weighted by atomic mass is 10.3. The van der Waals surface area contributed by atoms with Gasteiger partial charge in [0.25, 0.3) is 0 Å². The predicted octanol–water partition coefficient (Wildman–Crippen LogP) is 4.68. The van der Waals surface area contributed by atoms with Gasteiger partial charge in [-0.15, -0.1) is 0 Å². The van der Waals surface area contributed by atoms with Crippen LogP contribution in [-0.2, 0) is 0 Å². The Balaban J connectivity index is 2.53. The highest BCUT2D eigenvalue weighted by molar-refractivity contribution is 6.84. The van der Waals surface area contributed by atoms with Gasteiger partial charge in [0.15, 0.2) is 0 Å². The van der Waals surface area contributed by atoms with Gasteiger partial charge in [-0.2, -0.15) is 0 Å². The SMILES string of the molecule is CC[Si](/C=C/[C@@H](O)COc1cccc(Cl)c1)(CC)CC. The van der Waals surface area contributed by atoms with Crippen LogP contribution in [0.5, 0.6) is 5.75 Å². The van der Waals surface area contributed by atoms with Crippen molar-refractivity contribution in [3.05, 3.63) is 41.1 Å². The van der Waals surface area contributed by atoms with E-state index in [0.29, 0.717) is 10.8 Å². The van der Waals surface area contributed by atoms with E-state index in [2.05, 4.69) is 26.5 Å². The summed E-state index contributed by atoms with van der Waals surface area (Å²) < 4.78 is 5.54. The Labute approximate surface area is 128 Å². The van der Waals surface area contributed by atoms with Crippen molar-refractivity contribution >= 4 is 19.7 Å². The second kappa shape index (κ2) is 8.50. The van der Waals surface area contributed by atoms with Crippen LogP contribution in [0.3, 0.4) is 0 Å². The summed E-state index contributed by atoms with van der Waals surface area (Å²) in [5, 5.41) is 10.6. The van der Waals surface area contributed by atoms with Crippen LogP contribution in [0.2, 0.25) is 23.2 Å². The average Bonchev–Trinajstić information content (AvgIpc) is 2.47. The van der Waals surface area contributed by atoms with Crippen LogP contribution in [0.4, 0.5) is 0 Å². The second-order valence-electron chi connectivity index (χ2n) is 5.12. The van der Waals surface area contributed by atoms with Crippen LogP contribution in [0, 0.1) is 0 Å². The third kappa shape index (κ3) is 5.31. The summed E-state index contributed by atoms with van der Waals surface area (Å²) in [5.74, 6) is 0.690. The van der Waals surface area contributed by atoms with Crippen LogP contribution in [0.1, 0.15) is 20.8 Å². The van der Waals surface area contributed by atoms with E-state index < -0.39 is 14.2 Å². The molecule has 1 aromatic rings. The highest BCUT2D eigenvalue weighted by Crippen LogP contribution is 2.22. The van der Waals surface area contributed by atoms with Crippen LogP contribution >= 0.6 is 11.6 Å². The lowest BCUT2D eigenvalue weighted by Gasteiger charge is -2.24. The molecule has 1 atom stereocenters. The number of aliphatic hydroxyl groups is 1. The molecule has 1 aromatic carbocycles. The molecule has 0 saturated heterocycles. The first kappa shape index (κ1) is 17.3. The molecule has 0 aliphatic heterocycles. The third-order valence-corrected chi connectivity index (χ3v) is 9.36. The number of benzene rings is 1. The maximum atomic E-state index is 10.0. The molecule has 1 rings (SSSR count). The summed E-state index contributed by atoms with van der Waals surface area (Å²) in [7, 11) is -1.31. The summed E-state index contributed by atoms with van der Waals surface area (Å²) in [6.45, 7) is 7.01. The zero-order valence-electron chi connectivity index (χ0n) is 12.6. The zero-order chi connectivity index (χ0) is 15.0. The molecule has 0 unspecified atom stereocenters. The highest BCUT2D eigenvalue weighted by atomic mass is 35.5. The normalized spacial score (nSPS) is 13.7. The molecule has 112 valence electrons. The Morgan fingerprint density at radius 1 is 1.25 bits per heavy atom. The molecular weight excluding hydrogens is 288 g/mol. The van der Waals surface area contributed by atoms with Crippen LogP contribution < -0.4 is 4.74 Å². The van der Waals surface area contributed by atoms with Gasteiger partial charge in [0.05, 0.1) is 8.07 Å². The first-order valence-corrected chi connectivity index (χ1v) is 10.4. The van der Waals surface area contributed by atoms with E-state index in [-0.39, 0.29) is 6.61 Å². The number of aliphatic hydroxyl groups excluding tert-OH is 1. The lowest BCUT2D eigenvalue weighted by Crippen LogP contribution is -2.29. The number of rotatable bonds is 8. The van der Waals surface area contributed by atoms with Gasteiger partial charge in [0.1, 0.15) is 18.5 Å². The lowest BCUT2D eigenvalue weighted by molar-refractivity contribution is 0.144. The molecule has 20 heavy (non-hydrogen) atoms. The molecule has 1 N–H and O–H groups in total. The molecule has 0 fully saturated rings. The number of halogens is 1. The molecule has 0 radical (unpaired) electrons. The maximum Gasteiger partial charge on any atom is 0.120 e. The molecule has 0 amide bonds. The summed E-state index contributed by atoms with van der Waals surface area (Å²) in [6.07, 6.45) is 1.35. The van der Waals surface area contributed by atoms with E-state index in [4.69, 9.17) is 16.3 Å². The fourth-order valence-corrected chi connectivity index (χ4v) is 5.23. The standard InChI is InChI=1S/C16H25ClO2Si/c1-4-20(5-2,6-3)11-10-15(18)13-19-16-9-7-8-14(17)12-16/h7-12,15,18H,4-6,13H2,1-3H3/b11-10+/t15-/m1/s1. The zero-order valence-corrected chi connectivity index (χ0v) is 14.4. The van der Waals surface area contributed by atoms with E-state index in [1.807, 2.05) is 18.2 Å². The number of ether oxygens (including phenoxy) is 1. The molecule has 0 spiro atoms. The largest absolute Gasteiger partial charge is 0.491 e. The highest BCUT2D eigenvalue weighted by Gasteiger charge is 2.23. The second-order valence-corrected chi connectivity index (χ2v) is 10.7. The molecule has 0 aliphatic rings. The van der Waals surface area contributed by atoms with Gasteiger partial charge >= 0.3 is 0 Å². The third-order valence-electron chi connectivity index (χ3n) is 4.00. The molecule has 2 nitrogen and oxygen atoms in total. The van der Waals surface area contributed by atoms with E-state index in [0.717, 1.165) is 0 Å². The van der Waals surface area contributed by atoms with Gasteiger partial charge < -0.3 is 9.84 Å². The van der Waals surface area contributed by atoms with Crippen molar-refractivity contribution in [1.82, 2.24) is 0 Å². The van der Waals surface area contributed by atoms with Gasteiger partial charge in [-0.25, -0.2) is 0 Å². The Kier molecular flexibility index (Phi) is 7.34. The van der Waals surface area contributed by atoms with Crippen molar-refractivity contribution in [1.29, 1.82) is 0 Å². The summed E-state index contributed by atoms with van der Waals surface area (Å²) in [4.78, 5) is 0. The topological polar surface area (TPSA) is 29.5 Å². The minimum atomic E-state index is -1.31. The minimum absolute atomic E-state index is 0.262. The first-order chi connectivity index (χ1) is 9.55. The smallest absolute Gasteiger partial charge is 0.120 e. The van der Waals surface area contributed by atoms with Crippen molar-refractivity contribution in [3.63, 3.8) is 0 Å². The molecule has 4 heteroatoms. The average molecular weight is 313 g/mol. The van der Waals surface area contributed by atoms with E-state index in [9.17, 15) is 5.11 Å². The van der Waals surface area contributed by atoms with Crippen molar-refractivity contribution < 1.29 is 9.84 Å². The van der Waals surface area contributed by atoms with Crippen molar-refractivity contribution in [2.45, 2.75) is 45.0 Å². The van der Waals surface area contributed by atoms with Crippen molar-refractivity contribution in [3.8, 4) is 5.75 Å². The minimum Gasteiger partial charge on any atom is -0.491 e. The molecule has 0 saturated carbocycles. The van der Waals surface area contributed by atoms with Gasteiger partial charge in [0.2, 0.25) is 0 Å². The fraction of sp³-hybridized carbons (Fsp3) is 0.500. The van der Waals surface area contributed by atoms with E-state index in [1.54, 1.807) is 12.1 Å². The summed E-state index contributed by atoms with van der Waals surface area (Å²) in [6, 6.07) is 10.9. The first-order valence-electron chi connectivity index (χ1n) is 7.31. The number of hydrogen-bond donors (Lipinski definition) is 1. The van der Waals surface area contributed by atoms with E-state index in [1.165, 1.54) is 18.1 Å². The summed E-state index contributed by atoms with van der Waals surface area (Å²) in [5.41, 5.74) is 2.28. The van der Waals surface area contributed by atoms with Gasteiger partial charge in [0, 0.05) is 5.02 Å². The summed E-state index contributed by atoms with van der Waals surface area (Å²) >= 11 is 5.89. The Morgan fingerprint density at radius 3 is 2.45 bits per heavy atom. The Morgan fingerprint density at radius 2 is 1.90 bits per heavy atom. The quantitative estimate of drug-likeness (QED) is 0.706. The Hall–Kier alpha value is -0.773. The van der Waals surface area contributed by atoms with Gasteiger partial charge in [-0.3, -0.25) is 0 Å². The molecule has 0 heterocycles. The molecule has 0 bridgehead atoms. The van der Waals surface area contributed by atoms with Crippen molar-refractivity contribution in [2.75, 3.05) is 6.61 Å². The monoisotopic (exact) mass is 312 g/mol. The van der Waals surface area contributed by atoms with Crippen LogP contribution in [0.25, 0.3) is 0 Å².